The van der Waals surface area contributed by atoms with Crippen LogP contribution in [-0.4, -0.2) is 11.5 Å². The summed E-state index contributed by atoms with van der Waals surface area (Å²) in [7, 11) is 0. The minimum atomic E-state index is 0.628. The molecule has 1 aliphatic rings. The molecular weight excluding hydrogens is 869 g/mol. The standard InChI is InChI=1S/C66H40N2O3/c1-2-13-39(14-3-1)56-22-12-23-57(43-28-32-51-50-19-8-9-24-58(50)71-63(51)38-43)68-66(67-56)52-21-11-26-62-65(52)55-37-42(30-34-60(55)70-62)44-20-10-25-61-64(44)54-36-41(29-33-59(54)69-61)40-27-31-49-47-17-5-4-15-45(47)46-16-6-7-18-48(46)53(49)35-40/h1-11,13-21,23-38H,12,22H2/b57-23-,67-56+,68-66-. The Morgan fingerprint density at radius 2 is 0.789 bits per heavy atom. The molecule has 0 radical (unpaired) electrons. The van der Waals surface area contributed by atoms with E-state index in [1.54, 1.807) is 0 Å². The molecular formula is C66H40N2O3. The van der Waals surface area contributed by atoms with E-state index in [0.717, 1.165) is 129 Å². The van der Waals surface area contributed by atoms with E-state index in [9.17, 15) is 0 Å². The van der Waals surface area contributed by atoms with E-state index in [-0.39, 0.29) is 0 Å². The van der Waals surface area contributed by atoms with Crippen LogP contribution >= 0.6 is 0 Å². The first-order valence-electron chi connectivity index (χ1n) is 24.3. The zero-order valence-electron chi connectivity index (χ0n) is 38.3. The second-order valence-electron chi connectivity index (χ2n) is 18.6. The van der Waals surface area contributed by atoms with Crippen LogP contribution in [0.4, 0.5) is 0 Å². The SMILES string of the molecule is C1=C(c2ccc3c(c2)oc2ccccc23)/N=C(c2cccc3oc4ccc(-c5cccc6oc7ccc(-c8ccc9c%10ccccc%10c%10ccccc%10c9c8)cc7c56)cc4c23)\N=C(\c2ccccc2)CC\1. The quantitative estimate of drug-likeness (QED) is 0.162. The van der Waals surface area contributed by atoms with Gasteiger partial charge in [0.05, 0.1) is 11.4 Å². The molecule has 0 N–H and O–H groups in total. The molecule has 15 rings (SSSR count). The van der Waals surface area contributed by atoms with E-state index in [4.69, 9.17) is 23.2 Å². The molecule has 1 aliphatic heterocycles. The van der Waals surface area contributed by atoms with Gasteiger partial charge in [-0.05, 0) is 134 Å². The van der Waals surface area contributed by atoms with Gasteiger partial charge in [0.2, 0.25) is 0 Å². The summed E-state index contributed by atoms with van der Waals surface area (Å²) in [5.74, 6) is 0.628. The molecule has 71 heavy (non-hydrogen) atoms. The number of allylic oxidation sites excluding steroid dienone is 1. The maximum absolute atomic E-state index is 6.67. The lowest BCUT2D eigenvalue weighted by Gasteiger charge is -2.14. The van der Waals surface area contributed by atoms with Crippen LogP contribution in [-0.2, 0) is 0 Å². The average molecular weight is 909 g/mol. The fourth-order valence-electron chi connectivity index (χ4n) is 11.3. The largest absolute Gasteiger partial charge is 0.456 e. The summed E-state index contributed by atoms with van der Waals surface area (Å²) in [6.45, 7) is 0. The highest BCUT2D eigenvalue weighted by Crippen LogP contribution is 2.43. The molecule has 0 spiro atoms. The highest BCUT2D eigenvalue weighted by molar-refractivity contribution is 6.26. The Bertz CT molecular complexity index is 4600. The summed E-state index contributed by atoms with van der Waals surface area (Å²) in [6.07, 6.45) is 3.77. The molecule has 0 fully saturated rings. The van der Waals surface area contributed by atoms with Crippen LogP contribution < -0.4 is 0 Å². The van der Waals surface area contributed by atoms with Crippen molar-refractivity contribution in [3.63, 3.8) is 0 Å². The van der Waals surface area contributed by atoms with Gasteiger partial charge in [0.25, 0.3) is 0 Å². The van der Waals surface area contributed by atoms with Crippen molar-refractivity contribution in [2.75, 3.05) is 0 Å². The van der Waals surface area contributed by atoms with Crippen molar-refractivity contribution in [2.45, 2.75) is 12.8 Å². The highest BCUT2D eigenvalue weighted by atomic mass is 16.3. The number of rotatable bonds is 5. The molecule has 0 saturated carbocycles. The maximum atomic E-state index is 6.67. The van der Waals surface area contributed by atoms with Crippen LogP contribution in [0.1, 0.15) is 29.5 Å². The number of furan rings is 3. The van der Waals surface area contributed by atoms with E-state index in [2.05, 4.69) is 188 Å². The number of hydrogen-bond acceptors (Lipinski definition) is 5. The van der Waals surface area contributed by atoms with Crippen molar-refractivity contribution in [2.24, 2.45) is 9.98 Å². The van der Waals surface area contributed by atoms with Crippen molar-refractivity contribution in [3.8, 4) is 22.3 Å². The van der Waals surface area contributed by atoms with E-state index in [1.165, 1.54) is 32.3 Å². The Labute approximate surface area is 406 Å². The molecule has 332 valence electrons. The number of para-hydroxylation sites is 1. The molecule has 0 unspecified atom stereocenters. The molecule has 14 aromatic rings. The van der Waals surface area contributed by atoms with Gasteiger partial charge in [0.1, 0.15) is 33.5 Å². The fraction of sp³-hybridized carbons (Fsp3) is 0.0303. The second kappa shape index (κ2) is 15.6. The lowest BCUT2D eigenvalue weighted by Crippen LogP contribution is -2.09. The molecule has 0 aliphatic carbocycles. The minimum absolute atomic E-state index is 0.628. The topological polar surface area (TPSA) is 64.1 Å². The molecule has 5 nitrogen and oxygen atoms in total. The van der Waals surface area contributed by atoms with Crippen molar-refractivity contribution in [1.82, 2.24) is 0 Å². The third-order valence-corrected chi connectivity index (χ3v) is 14.6. The third kappa shape index (κ3) is 6.33. The highest BCUT2D eigenvalue weighted by Gasteiger charge is 2.21. The van der Waals surface area contributed by atoms with Crippen molar-refractivity contribution < 1.29 is 13.3 Å². The van der Waals surface area contributed by atoms with Gasteiger partial charge in [-0.1, -0.05) is 158 Å². The van der Waals surface area contributed by atoms with Crippen LogP contribution in [0.2, 0.25) is 0 Å². The van der Waals surface area contributed by atoms with Crippen LogP contribution in [0.3, 0.4) is 0 Å². The van der Waals surface area contributed by atoms with Crippen LogP contribution in [0, 0.1) is 0 Å². The summed E-state index contributed by atoms with van der Waals surface area (Å²) in [4.78, 5) is 10.9. The van der Waals surface area contributed by atoms with Crippen LogP contribution in [0.5, 0.6) is 0 Å². The van der Waals surface area contributed by atoms with Gasteiger partial charge in [-0.25, -0.2) is 9.98 Å². The molecule has 3 aromatic heterocycles. The van der Waals surface area contributed by atoms with Crippen molar-refractivity contribution in [1.29, 1.82) is 0 Å². The summed E-state index contributed by atoms with van der Waals surface area (Å²) in [5, 5.41) is 13.9. The Morgan fingerprint density at radius 3 is 1.52 bits per heavy atom. The van der Waals surface area contributed by atoms with Crippen LogP contribution in [0.25, 0.3) is 126 Å². The van der Waals surface area contributed by atoms with Gasteiger partial charge in [0, 0.05) is 43.4 Å². The fourth-order valence-corrected chi connectivity index (χ4v) is 11.3. The maximum Gasteiger partial charge on any atom is 0.160 e. The van der Waals surface area contributed by atoms with E-state index in [0.29, 0.717) is 5.84 Å². The Morgan fingerprint density at radius 1 is 0.296 bits per heavy atom. The second-order valence-corrected chi connectivity index (χ2v) is 18.6. The van der Waals surface area contributed by atoms with Gasteiger partial charge < -0.3 is 13.3 Å². The van der Waals surface area contributed by atoms with E-state index >= 15 is 0 Å². The smallest absolute Gasteiger partial charge is 0.160 e. The van der Waals surface area contributed by atoms with Gasteiger partial charge >= 0.3 is 0 Å². The Kier molecular flexibility index (Phi) is 8.72. The summed E-state index contributed by atoms with van der Waals surface area (Å²) >= 11 is 0. The average Bonchev–Trinajstić information content (AvgIpc) is 4.12. The van der Waals surface area contributed by atoms with Crippen molar-refractivity contribution in [3.05, 3.63) is 235 Å². The predicted molar refractivity (Wildman–Crippen MR) is 295 cm³/mol. The lowest BCUT2D eigenvalue weighted by molar-refractivity contribution is 0.668. The summed E-state index contributed by atoms with van der Waals surface area (Å²) < 4.78 is 19.6. The molecule has 0 saturated heterocycles. The molecule has 11 aromatic carbocycles. The first-order chi connectivity index (χ1) is 35.2. The summed E-state index contributed by atoms with van der Waals surface area (Å²) in [5.41, 5.74) is 14.2. The zero-order valence-corrected chi connectivity index (χ0v) is 38.3. The summed E-state index contributed by atoms with van der Waals surface area (Å²) in [6, 6.07) is 75.1. The van der Waals surface area contributed by atoms with Gasteiger partial charge in [-0.15, -0.1) is 0 Å². The monoisotopic (exact) mass is 908 g/mol. The molecule has 0 atom stereocenters. The van der Waals surface area contributed by atoms with E-state index < -0.39 is 0 Å². The Hall–Kier alpha value is -9.32. The van der Waals surface area contributed by atoms with Gasteiger partial charge in [-0.2, -0.15) is 0 Å². The van der Waals surface area contributed by atoms with E-state index in [1.807, 2.05) is 30.3 Å². The predicted octanol–water partition coefficient (Wildman–Crippen LogP) is 18.2. The zero-order chi connectivity index (χ0) is 46.6. The molecule has 0 amide bonds. The Balaban J connectivity index is 0.886. The number of hydrogen-bond donors (Lipinski definition) is 0. The first kappa shape index (κ1) is 39.7. The number of benzene rings is 11. The first-order valence-corrected chi connectivity index (χ1v) is 24.3. The molecule has 4 heterocycles. The van der Waals surface area contributed by atoms with Crippen molar-refractivity contribution >= 4 is 115 Å². The molecule has 0 bridgehead atoms. The lowest BCUT2D eigenvalue weighted by atomic mass is 9.91. The third-order valence-electron chi connectivity index (χ3n) is 14.6. The number of aliphatic imine (C=N–C) groups is 2. The number of fused-ring (bicyclic) bond motifs is 15. The normalized spacial score (nSPS) is 15.7. The van der Waals surface area contributed by atoms with Gasteiger partial charge in [-0.3, -0.25) is 0 Å². The number of amidine groups is 1. The van der Waals surface area contributed by atoms with Gasteiger partial charge in [0.15, 0.2) is 5.84 Å². The number of nitrogens with zero attached hydrogens (tertiary/aromatic N) is 2. The minimum Gasteiger partial charge on any atom is -0.456 e. The van der Waals surface area contributed by atoms with Crippen LogP contribution in [0.15, 0.2) is 242 Å². The molecule has 5 heteroatoms.